The number of halogens is 3. The van der Waals surface area contributed by atoms with E-state index in [1.807, 2.05) is 6.92 Å². The predicted molar refractivity (Wildman–Crippen MR) is 56.4 cm³/mol. The molecule has 2 nitrogen and oxygen atoms in total. The summed E-state index contributed by atoms with van der Waals surface area (Å²) in [6.07, 6.45) is -1.27. The lowest BCUT2D eigenvalue weighted by atomic mass is 10.2. The summed E-state index contributed by atoms with van der Waals surface area (Å²) in [6.45, 7) is 2.24. The number of hydrogen-bond acceptors (Lipinski definition) is 3. The summed E-state index contributed by atoms with van der Waals surface area (Å²) < 4.78 is 37.8. The highest BCUT2D eigenvalue weighted by molar-refractivity contribution is 7.11. The van der Waals surface area contributed by atoms with Crippen LogP contribution in [-0.2, 0) is 13.0 Å². The van der Waals surface area contributed by atoms with Crippen molar-refractivity contribution in [2.75, 3.05) is 0 Å². The van der Waals surface area contributed by atoms with E-state index >= 15 is 0 Å². The summed E-state index contributed by atoms with van der Waals surface area (Å²) in [4.78, 5) is 4.98. The molecule has 6 heteroatoms. The molecule has 2 rings (SSSR count). The molecule has 1 N–H and O–H groups in total. The first-order valence-corrected chi connectivity index (χ1v) is 6.04. The molecule has 1 saturated carbocycles. The quantitative estimate of drug-likeness (QED) is 0.888. The topological polar surface area (TPSA) is 24.9 Å². The van der Waals surface area contributed by atoms with Crippen molar-refractivity contribution >= 4 is 11.3 Å². The Labute approximate surface area is 95.9 Å². The van der Waals surface area contributed by atoms with Crippen molar-refractivity contribution in [3.8, 4) is 0 Å². The van der Waals surface area contributed by atoms with Crippen LogP contribution in [0.4, 0.5) is 13.2 Å². The van der Waals surface area contributed by atoms with Gasteiger partial charge in [0.1, 0.15) is 5.54 Å². The van der Waals surface area contributed by atoms with Crippen molar-refractivity contribution in [1.29, 1.82) is 0 Å². The molecule has 1 aromatic heterocycles. The monoisotopic (exact) mass is 250 g/mol. The van der Waals surface area contributed by atoms with E-state index in [1.165, 1.54) is 11.3 Å². The molecule has 1 fully saturated rings. The third-order valence-corrected chi connectivity index (χ3v) is 3.94. The summed E-state index contributed by atoms with van der Waals surface area (Å²) in [6, 6.07) is 0. The molecule has 0 aliphatic heterocycles. The Hall–Kier alpha value is -0.620. The van der Waals surface area contributed by atoms with Crippen molar-refractivity contribution < 1.29 is 13.2 Å². The molecule has 90 valence electrons. The number of aryl methyl sites for hydroxylation is 1. The molecule has 0 aromatic carbocycles. The van der Waals surface area contributed by atoms with Crippen molar-refractivity contribution in [3.05, 3.63) is 16.1 Å². The predicted octanol–water partition coefficient (Wildman–Crippen LogP) is 2.89. The van der Waals surface area contributed by atoms with E-state index in [4.69, 9.17) is 0 Å². The van der Waals surface area contributed by atoms with Gasteiger partial charge in [-0.3, -0.25) is 5.32 Å². The zero-order valence-electron chi connectivity index (χ0n) is 8.90. The number of hydrogen-bond donors (Lipinski definition) is 1. The molecular formula is C10H13F3N2S. The van der Waals surface area contributed by atoms with Crippen molar-refractivity contribution in [2.45, 2.75) is 44.4 Å². The van der Waals surface area contributed by atoms with Gasteiger partial charge in [0.2, 0.25) is 0 Å². The summed E-state index contributed by atoms with van der Waals surface area (Å²) in [5.74, 6) is 0. The average Bonchev–Trinajstić information content (AvgIpc) is 2.88. The molecule has 0 radical (unpaired) electrons. The second-order valence-electron chi connectivity index (χ2n) is 4.01. The molecule has 16 heavy (non-hydrogen) atoms. The highest BCUT2D eigenvalue weighted by atomic mass is 32.1. The lowest BCUT2D eigenvalue weighted by Gasteiger charge is -2.20. The lowest BCUT2D eigenvalue weighted by molar-refractivity contribution is -0.166. The van der Waals surface area contributed by atoms with Crippen LogP contribution in [0.1, 0.15) is 29.7 Å². The van der Waals surface area contributed by atoms with E-state index in [2.05, 4.69) is 10.3 Å². The average molecular weight is 250 g/mol. The van der Waals surface area contributed by atoms with Crippen molar-refractivity contribution in [3.63, 3.8) is 0 Å². The van der Waals surface area contributed by atoms with Gasteiger partial charge in [0.25, 0.3) is 0 Å². The van der Waals surface area contributed by atoms with E-state index < -0.39 is 11.7 Å². The Bertz CT molecular complexity index is 368. The van der Waals surface area contributed by atoms with E-state index in [-0.39, 0.29) is 19.4 Å². The SMILES string of the molecule is CCc1ncc(CNC2(C(F)(F)F)CC2)s1. The Morgan fingerprint density at radius 1 is 1.50 bits per heavy atom. The second-order valence-corrected chi connectivity index (χ2v) is 5.21. The minimum atomic E-state index is -4.13. The van der Waals surface area contributed by atoms with Crippen LogP contribution in [0.3, 0.4) is 0 Å². The van der Waals surface area contributed by atoms with Gasteiger partial charge in [0.15, 0.2) is 0 Å². The first kappa shape index (κ1) is 11.9. The number of aromatic nitrogens is 1. The van der Waals surface area contributed by atoms with Crippen LogP contribution in [-0.4, -0.2) is 16.7 Å². The maximum atomic E-state index is 12.6. The largest absolute Gasteiger partial charge is 0.406 e. The zero-order chi connectivity index (χ0) is 11.8. The number of rotatable bonds is 4. The second kappa shape index (κ2) is 4.00. The number of nitrogens with one attached hydrogen (secondary N) is 1. The molecule has 0 bridgehead atoms. The molecular weight excluding hydrogens is 237 g/mol. The van der Waals surface area contributed by atoms with Crippen LogP contribution in [0.25, 0.3) is 0 Å². The van der Waals surface area contributed by atoms with Crippen LogP contribution >= 0.6 is 11.3 Å². The Morgan fingerprint density at radius 2 is 2.19 bits per heavy atom. The van der Waals surface area contributed by atoms with Gasteiger partial charge in [0.05, 0.1) is 5.01 Å². The van der Waals surface area contributed by atoms with Gasteiger partial charge in [0, 0.05) is 17.6 Å². The van der Waals surface area contributed by atoms with E-state index in [9.17, 15) is 13.2 Å². The third-order valence-electron chi connectivity index (χ3n) is 2.80. The van der Waals surface area contributed by atoms with Crippen LogP contribution in [0.5, 0.6) is 0 Å². The van der Waals surface area contributed by atoms with Crippen LogP contribution in [0.15, 0.2) is 6.20 Å². The Balaban J connectivity index is 1.93. The Kier molecular flexibility index (Phi) is 2.96. The number of nitrogens with zero attached hydrogens (tertiary/aromatic N) is 1. The summed E-state index contributed by atoms with van der Waals surface area (Å²) in [5, 5.41) is 3.58. The maximum absolute atomic E-state index is 12.6. The highest BCUT2D eigenvalue weighted by Gasteiger charge is 2.62. The molecule has 0 unspecified atom stereocenters. The van der Waals surface area contributed by atoms with Gasteiger partial charge in [-0.15, -0.1) is 11.3 Å². The summed E-state index contributed by atoms with van der Waals surface area (Å²) in [7, 11) is 0. The molecule has 0 saturated heterocycles. The van der Waals surface area contributed by atoms with E-state index in [1.54, 1.807) is 6.20 Å². The fraction of sp³-hybridized carbons (Fsp3) is 0.700. The number of thiazole rings is 1. The minimum Gasteiger partial charge on any atom is -0.299 e. The van der Waals surface area contributed by atoms with Gasteiger partial charge in [-0.1, -0.05) is 6.92 Å². The fourth-order valence-electron chi connectivity index (χ4n) is 1.53. The van der Waals surface area contributed by atoms with Gasteiger partial charge in [-0.25, -0.2) is 4.98 Å². The first-order chi connectivity index (χ1) is 7.47. The zero-order valence-corrected chi connectivity index (χ0v) is 9.71. The van der Waals surface area contributed by atoms with Gasteiger partial charge in [-0.05, 0) is 19.3 Å². The van der Waals surface area contributed by atoms with Crippen LogP contribution in [0, 0.1) is 0 Å². The van der Waals surface area contributed by atoms with Gasteiger partial charge < -0.3 is 0 Å². The molecule has 0 amide bonds. The first-order valence-electron chi connectivity index (χ1n) is 5.22. The van der Waals surface area contributed by atoms with Crippen molar-refractivity contribution in [2.24, 2.45) is 0 Å². The van der Waals surface area contributed by atoms with Gasteiger partial charge >= 0.3 is 6.18 Å². The standard InChI is InChI=1S/C10H13F3N2S/c1-2-8-14-5-7(16-8)6-15-9(3-4-9)10(11,12)13/h5,15H,2-4,6H2,1H3. The molecule has 1 aliphatic carbocycles. The summed E-state index contributed by atoms with van der Waals surface area (Å²) >= 11 is 1.47. The van der Waals surface area contributed by atoms with E-state index in [0.29, 0.717) is 0 Å². The molecule has 0 spiro atoms. The third kappa shape index (κ3) is 2.22. The van der Waals surface area contributed by atoms with Crippen LogP contribution < -0.4 is 5.32 Å². The fourth-order valence-corrected chi connectivity index (χ4v) is 2.34. The smallest absolute Gasteiger partial charge is 0.299 e. The highest BCUT2D eigenvalue weighted by Crippen LogP contribution is 2.49. The normalized spacial score (nSPS) is 18.8. The molecule has 1 aromatic rings. The van der Waals surface area contributed by atoms with Gasteiger partial charge in [-0.2, -0.15) is 13.2 Å². The summed E-state index contributed by atoms with van der Waals surface area (Å²) in [5.41, 5.74) is -1.62. The lowest BCUT2D eigenvalue weighted by Crippen LogP contribution is -2.44. The molecule has 1 heterocycles. The number of alkyl halides is 3. The molecule has 0 atom stereocenters. The van der Waals surface area contributed by atoms with Crippen LogP contribution in [0.2, 0.25) is 0 Å². The minimum absolute atomic E-state index is 0.190. The maximum Gasteiger partial charge on any atom is 0.406 e. The van der Waals surface area contributed by atoms with Crippen molar-refractivity contribution in [1.82, 2.24) is 10.3 Å². The Morgan fingerprint density at radius 3 is 2.62 bits per heavy atom. The van der Waals surface area contributed by atoms with E-state index in [0.717, 1.165) is 16.3 Å². The molecule has 1 aliphatic rings.